The van der Waals surface area contributed by atoms with Crippen molar-refractivity contribution in [2.75, 3.05) is 10.6 Å². The van der Waals surface area contributed by atoms with Crippen LogP contribution in [0.1, 0.15) is 21.6 Å². The number of aryl methyl sites for hydroxylation is 1. The second-order valence-corrected chi connectivity index (χ2v) is 6.63. The molecule has 2 aromatic carbocycles. The van der Waals surface area contributed by atoms with Gasteiger partial charge >= 0.3 is 6.61 Å². The van der Waals surface area contributed by atoms with E-state index < -0.39 is 6.61 Å². The summed E-state index contributed by atoms with van der Waals surface area (Å²) in [5, 5.41) is 8.06. The van der Waals surface area contributed by atoms with E-state index in [1.165, 1.54) is 23.5 Å². The summed E-state index contributed by atoms with van der Waals surface area (Å²) in [6.07, 6.45) is 0. The zero-order valence-corrected chi connectivity index (χ0v) is 15.4. The van der Waals surface area contributed by atoms with E-state index in [1.807, 2.05) is 32.0 Å². The van der Waals surface area contributed by atoms with Crippen LogP contribution in [0.4, 0.5) is 25.3 Å². The van der Waals surface area contributed by atoms with E-state index in [0.29, 0.717) is 16.5 Å². The van der Waals surface area contributed by atoms with Crippen molar-refractivity contribution in [3.8, 4) is 5.75 Å². The fraction of sp³-hybridized carbons (Fsp3) is 0.158. The molecule has 1 aromatic heterocycles. The van der Waals surface area contributed by atoms with Crippen LogP contribution in [-0.4, -0.2) is 17.5 Å². The molecule has 0 aliphatic heterocycles. The first kappa shape index (κ1) is 18.8. The molecule has 140 valence electrons. The van der Waals surface area contributed by atoms with E-state index in [1.54, 1.807) is 17.5 Å². The predicted octanol–water partition coefficient (Wildman–Crippen LogP) is 5.36. The molecule has 0 atom stereocenters. The molecule has 0 bridgehead atoms. The monoisotopic (exact) mass is 389 g/mol. The molecular formula is C19H17F2N3O2S. The standard InChI is InChI=1S/C19H17F2N3O2S/c1-11-4-3-5-15(12(11)2)23-17(25)16-10-27-19(24-16)22-13-6-8-14(9-7-13)26-18(20)21/h3-10,18H,1-2H3,(H,22,24)(H,23,25). The lowest BCUT2D eigenvalue weighted by Crippen LogP contribution is -2.13. The van der Waals surface area contributed by atoms with Gasteiger partial charge in [-0.15, -0.1) is 11.3 Å². The van der Waals surface area contributed by atoms with E-state index in [9.17, 15) is 13.6 Å². The number of aromatic nitrogens is 1. The molecule has 0 spiro atoms. The molecule has 0 radical (unpaired) electrons. The molecule has 1 heterocycles. The molecule has 0 aliphatic carbocycles. The number of ether oxygens (including phenoxy) is 1. The Morgan fingerprint density at radius 1 is 1.15 bits per heavy atom. The van der Waals surface area contributed by atoms with Gasteiger partial charge in [-0.3, -0.25) is 4.79 Å². The Morgan fingerprint density at radius 2 is 1.89 bits per heavy atom. The first-order valence-corrected chi connectivity index (χ1v) is 8.95. The summed E-state index contributed by atoms with van der Waals surface area (Å²) in [6.45, 7) is 1.06. The summed E-state index contributed by atoms with van der Waals surface area (Å²) in [5.74, 6) is -0.225. The summed E-state index contributed by atoms with van der Waals surface area (Å²) in [5.41, 5.74) is 3.78. The van der Waals surface area contributed by atoms with E-state index in [4.69, 9.17) is 0 Å². The summed E-state index contributed by atoms with van der Waals surface area (Å²) in [7, 11) is 0. The predicted molar refractivity (Wildman–Crippen MR) is 102 cm³/mol. The molecular weight excluding hydrogens is 372 g/mol. The van der Waals surface area contributed by atoms with Gasteiger partial charge in [0.25, 0.3) is 5.91 Å². The van der Waals surface area contributed by atoms with Crippen LogP contribution in [0.15, 0.2) is 47.8 Å². The molecule has 0 aliphatic rings. The van der Waals surface area contributed by atoms with Gasteiger partial charge in [-0.2, -0.15) is 8.78 Å². The normalized spacial score (nSPS) is 10.7. The Hall–Kier alpha value is -3.00. The van der Waals surface area contributed by atoms with Crippen LogP contribution in [0.2, 0.25) is 0 Å². The van der Waals surface area contributed by atoms with Crippen LogP contribution < -0.4 is 15.4 Å². The van der Waals surface area contributed by atoms with Crippen molar-refractivity contribution >= 4 is 33.8 Å². The number of alkyl halides is 2. The van der Waals surface area contributed by atoms with Gasteiger partial charge in [-0.1, -0.05) is 12.1 Å². The van der Waals surface area contributed by atoms with Gasteiger partial charge in [0, 0.05) is 16.8 Å². The van der Waals surface area contributed by atoms with Crippen molar-refractivity contribution in [3.05, 3.63) is 64.7 Å². The highest BCUT2D eigenvalue weighted by Gasteiger charge is 2.13. The van der Waals surface area contributed by atoms with Crippen molar-refractivity contribution < 1.29 is 18.3 Å². The maximum atomic E-state index is 12.4. The maximum Gasteiger partial charge on any atom is 0.387 e. The Morgan fingerprint density at radius 3 is 2.59 bits per heavy atom. The Balaban J connectivity index is 1.65. The van der Waals surface area contributed by atoms with Crippen molar-refractivity contribution in [1.29, 1.82) is 0 Å². The number of rotatable bonds is 6. The van der Waals surface area contributed by atoms with Crippen molar-refractivity contribution in [3.63, 3.8) is 0 Å². The lowest BCUT2D eigenvalue weighted by molar-refractivity contribution is -0.0498. The average molecular weight is 389 g/mol. The number of nitrogens with one attached hydrogen (secondary N) is 2. The van der Waals surface area contributed by atoms with Gasteiger partial charge in [-0.05, 0) is 55.3 Å². The lowest BCUT2D eigenvalue weighted by atomic mass is 10.1. The molecule has 3 aromatic rings. The highest BCUT2D eigenvalue weighted by atomic mass is 32.1. The van der Waals surface area contributed by atoms with E-state index in [2.05, 4.69) is 20.4 Å². The number of hydrogen-bond acceptors (Lipinski definition) is 5. The van der Waals surface area contributed by atoms with E-state index >= 15 is 0 Å². The van der Waals surface area contributed by atoms with Crippen LogP contribution in [0, 0.1) is 13.8 Å². The Kier molecular flexibility index (Phi) is 5.66. The van der Waals surface area contributed by atoms with Gasteiger partial charge in [0.05, 0.1) is 0 Å². The number of hydrogen-bond donors (Lipinski definition) is 2. The molecule has 0 saturated carbocycles. The van der Waals surface area contributed by atoms with Crippen molar-refractivity contribution in [2.45, 2.75) is 20.5 Å². The van der Waals surface area contributed by atoms with Crippen LogP contribution in [0.5, 0.6) is 5.75 Å². The highest BCUT2D eigenvalue weighted by Crippen LogP contribution is 2.25. The molecule has 5 nitrogen and oxygen atoms in total. The Bertz CT molecular complexity index is 942. The van der Waals surface area contributed by atoms with Crippen LogP contribution in [0.3, 0.4) is 0 Å². The van der Waals surface area contributed by atoms with E-state index in [0.717, 1.165) is 16.8 Å². The first-order chi connectivity index (χ1) is 12.9. The molecule has 0 saturated heterocycles. The molecule has 0 unspecified atom stereocenters. The fourth-order valence-corrected chi connectivity index (χ4v) is 3.06. The van der Waals surface area contributed by atoms with Gasteiger partial charge in [0.2, 0.25) is 0 Å². The minimum atomic E-state index is -2.86. The number of carbonyl (C=O) groups is 1. The molecule has 2 N–H and O–H groups in total. The minimum Gasteiger partial charge on any atom is -0.435 e. The van der Waals surface area contributed by atoms with Crippen LogP contribution in [0.25, 0.3) is 0 Å². The maximum absolute atomic E-state index is 12.4. The number of halogens is 2. The number of anilines is 3. The number of nitrogens with zero attached hydrogens (tertiary/aromatic N) is 1. The molecule has 8 heteroatoms. The summed E-state index contributed by atoms with van der Waals surface area (Å²) in [4.78, 5) is 16.7. The zero-order chi connectivity index (χ0) is 19.4. The topological polar surface area (TPSA) is 63.2 Å². The summed E-state index contributed by atoms with van der Waals surface area (Å²) < 4.78 is 28.6. The van der Waals surface area contributed by atoms with Gasteiger partial charge in [-0.25, -0.2) is 4.98 Å². The SMILES string of the molecule is Cc1cccc(NC(=O)c2csc(Nc3ccc(OC(F)F)cc3)n2)c1C. The number of benzene rings is 2. The third-order valence-corrected chi connectivity index (χ3v) is 4.68. The zero-order valence-electron chi connectivity index (χ0n) is 14.6. The van der Waals surface area contributed by atoms with Gasteiger partial charge < -0.3 is 15.4 Å². The second-order valence-electron chi connectivity index (χ2n) is 5.77. The molecule has 0 fully saturated rings. The summed E-state index contributed by atoms with van der Waals surface area (Å²) >= 11 is 1.27. The third kappa shape index (κ3) is 4.79. The first-order valence-electron chi connectivity index (χ1n) is 8.07. The largest absolute Gasteiger partial charge is 0.435 e. The van der Waals surface area contributed by atoms with Gasteiger partial charge in [0.15, 0.2) is 5.13 Å². The third-order valence-electron chi connectivity index (χ3n) is 3.92. The number of amides is 1. The van der Waals surface area contributed by atoms with E-state index in [-0.39, 0.29) is 11.7 Å². The number of thiazole rings is 1. The molecule has 3 rings (SSSR count). The second kappa shape index (κ2) is 8.13. The fourth-order valence-electron chi connectivity index (χ4n) is 2.35. The van der Waals surface area contributed by atoms with Crippen LogP contribution >= 0.6 is 11.3 Å². The summed E-state index contributed by atoms with van der Waals surface area (Å²) in [6, 6.07) is 11.7. The average Bonchev–Trinajstić information content (AvgIpc) is 3.09. The quantitative estimate of drug-likeness (QED) is 0.596. The molecule has 1 amide bonds. The minimum absolute atomic E-state index is 0.0725. The lowest BCUT2D eigenvalue weighted by Gasteiger charge is -2.09. The van der Waals surface area contributed by atoms with Crippen LogP contribution in [-0.2, 0) is 0 Å². The smallest absolute Gasteiger partial charge is 0.387 e. The molecule has 27 heavy (non-hydrogen) atoms. The van der Waals surface area contributed by atoms with Crippen molar-refractivity contribution in [1.82, 2.24) is 4.98 Å². The number of carbonyl (C=O) groups excluding carboxylic acids is 1. The highest BCUT2D eigenvalue weighted by molar-refractivity contribution is 7.14. The Labute approximate surface area is 159 Å². The van der Waals surface area contributed by atoms with Crippen molar-refractivity contribution in [2.24, 2.45) is 0 Å². The van der Waals surface area contributed by atoms with Gasteiger partial charge in [0.1, 0.15) is 11.4 Å².